The van der Waals surface area contributed by atoms with E-state index in [1.807, 2.05) is 42.6 Å². The highest BCUT2D eigenvalue weighted by molar-refractivity contribution is 7.80. The van der Waals surface area contributed by atoms with Crippen LogP contribution in [0.3, 0.4) is 0 Å². The summed E-state index contributed by atoms with van der Waals surface area (Å²) in [6.07, 6.45) is 1.83. The zero-order valence-electron chi connectivity index (χ0n) is 21.5. The third kappa shape index (κ3) is 4.55. The van der Waals surface area contributed by atoms with Crippen molar-refractivity contribution in [1.29, 1.82) is 0 Å². The van der Waals surface area contributed by atoms with Gasteiger partial charge in [0.25, 0.3) is 0 Å². The molecule has 0 spiro atoms. The van der Waals surface area contributed by atoms with Gasteiger partial charge in [0.1, 0.15) is 0 Å². The van der Waals surface area contributed by atoms with Gasteiger partial charge < -0.3 is 24.4 Å². The molecule has 0 bridgehead atoms. The summed E-state index contributed by atoms with van der Waals surface area (Å²) in [7, 11) is 0. The first kappa shape index (κ1) is 24.9. The first-order chi connectivity index (χ1) is 18.5. The lowest BCUT2D eigenvalue weighted by Crippen LogP contribution is -2.36. The number of rotatable bonds is 5. The largest absolute Gasteiger partial charge is 0.378 e. The number of morpholine rings is 1. The number of ether oxygens (including phenoxy) is 1. The second kappa shape index (κ2) is 10.4. The van der Waals surface area contributed by atoms with Crippen LogP contribution in [-0.2, 0) is 4.74 Å². The van der Waals surface area contributed by atoms with E-state index in [1.165, 1.54) is 22.6 Å². The predicted octanol–water partition coefficient (Wildman–Crippen LogP) is 6.16. The minimum Gasteiger partial charge on any atom is -0.378 e. The summed E-state index contributed by atoms with van der Waals surface area (Å²) in [5.41, 5.74) is 7.88. The fourth-order valence-electron chi connectivity index (χ4n) is 5.67. The van der Waals surface area contributed by atoms with Crippen molar-refractivity contribution in [2.75, 3.05) is 36.1 Å². The third-order valence-electron chi connectivity index (χ3n) is 7.48. The van der Waals surface area contributed by atoms with E-state index >= 15 is 0 Å². The van der Waals surface area contributed by atoms with Crippen molar-refractivity contribution < 1.29 is 4.74 Å². The van der Waals surface area contributed by atoms with E-state index in [1.54, 1.807) is 0 Å². The maximum Gasteiger partial charge on any atom is 0.174 e. The molecule has 0 radical (unpaired) electrons. The van der Waals surface area contributed by atoms with Crippen LogP contribution in [0.1, 0.15) is 34.7 Å². The Morgan fingerprint density at radius 1 is 0.921 bits per heavy atom. The van der Waals surface area contributed by atoms with Crippen LogP contribution in [-0.4, -0.2) is 41.0 Å². The van der Waals surface area contributed by atoms with Gasteiger partial charge in [-0.1, -0.05) is 17.7 Å². The summed E-state index contributed by atoms with van der Waals surface area (Å²) in [5.74, 6) is 0. The molecule has 6 nitrogen and oxygen atoms in total. The number of hydrogen-bond acceptors (Lipinski definition) is 4. The summed E-state index contributed by atoms with van der Waals surface area (Å²) < 4.78 is 7.85. The molecule has 8 heteroatoms. The molecule has 0 amide bonds. The smallest absolute Gasteiger partial charge is 0.174 e. The highest BCUT2D eigenvalue weighted by Gasteiger charge is 2.42. The number of nitrogens with zero attached hydrogens (tertiary/aromatic N) is 4. The quantitative estimate of drug-likeness (QED) is 0.304. The molecule has 4 heterocycles. The van der Waals surface area contributed by atoms with Gasteiger partial charge in [-0.25, -0.2) is 0 Å². The highest BCUT2D eigenvalue weighted by Crippen LogP contribution is 2.44. The number of hydrogen-bond donors (Lipinski definition) is 1. The molecule has 2 aliphatic heterocycles. The van der Waals surface area contributed by atoms with E-state index < -0.39 is 0 Å². The lowest BCUT2D eigenvalue weighted by molar-refractivity contribution is 0.122. The molecule has 2 aliphatic rings. The lowest BCUT2D eigenvalue weighted by Gasteiger charge is -2.29. The van der Waals surface area contributed by atoms with Gasteiger partial charge in [-0.05, 0) is 98.4 Å². The molecule has 2 aromatic heterocycles. The maximum atomic E-state index is 6.22. The molecule has 0 aliphatic carbocycles. The number of aromatic nitrogens is 2. The SMILES string of the molecule is Cc1cc([C@@H]2[C@H](c3ccccn3)NC(=S)N2c2ccc(Cl)cc2)c(C)n1-c1ccc(N2CCOCC2)cc1. The molecule has 2 fully saturated rings. The van der Waals surface area contributed by atoms with Gasteiger partial charge >= 0.3 is 0 Å². The predicted molar refractivity (Wildman–Crippen MR) is 158 cm³/mol. The van der Waals surface area contributed by atoms with Crippen molar-refractivity contribution in [2.24, 2.45) is 0 Å². The first-order valence-corrected chi connectivity index (χ1v) is 13.7. The van der Waals surface area contributed by atoms with Gasteiger partial charge in [0.05, 0.1) is 31.0 Å². The van der Waals surface area contributed by atoms with E-state index in [0.29, 0.717) is 10.1 Å². The number of aryl methyl sites for hydroxylation is 1. The standard InChI is InChI=1S/C30H30ClN5OS/c1-20-19-26(21(2)35(20)24-12-10-23(11-13-24)34-15-17-37-18-16-34)29-28(27-5-3-4-14-32-27)33-30(38)36(29)25-8-6-22(31)7-9-25/h3-14,19,28-29H,15-18H2,1-2H3,(H,33,38)/t28-,29+/m0/s1. The average molecular weight is 544 g/mol. The molecule has 194 valence electrons. The molecule has 2 aromatic carbocycles. The summed E-state index contributed by atoms with van der Waals surface area (Å²) in [5, 5.41) is 4.93. The Morgan fingerprint density at radius 2 is 1.61 bits per heavy atom. The Bertz CT molecular complexity index is 1430. The van der Waals surface area contributed by atoms with Crippen LogP contribution in [0.25, 0.3) is 5.69 Å². The van der Waals surface area contributed by atoms with E-state index in [4.69, 9.17) is 33.5 Å². The first-order valence-electron chi connectivity index (χ1n) is 12.9. The van der Waals surface area contributed by atoms with Crippen molar-refractivity contribution in [1.82, 2.24) is 14.9 Å². The molecular formula is C30H30ClN5OS. The van der Waals surface area contributed by atoms with E-state index in [-0.39, 0.29) is 12.1 Å². The summed E-state index contributed by atoms with van der Waals surface area (Å²) in [6.45, 7) is 7.76. The summed E-state index contributed by atoms with van der Waals surface area (Å²) >= 11 is 12.1. The van der Waals surface area contributed by atoms with Gasteiger partial charge in [0.2, 0.25) is 0 Å². The van der Waals surface area contributed by atoms with Crippen molar-refractivity contribution in [2.45, 2.75) is 25.9 Å². The number of benzene rings is 2. The zero-order chi connectivity index (χ0) is 26.2. The Kier molecular flexibility index (Phi) is 6.82. The molecule has 2 atom stereocenters. The molecule has 1 N–H and O–H groups in total. The van der Waals surface area contributed by atoms with Crippen LogP contribution in [0.4, 0.5) is 11.4 Å². The van der Waals surface area contributed by atoms with Crippen molar-refractivity contribution in [3.63, 3.8) is 0 Å². The molecule has 0 saturated carbocycles. The third-order valence-corrected chi connectivity index (χ3v) is 8.04. The van der Waals surface area contributed by atoms with Crippen LogP contribution < -0.4 is 15.1 Å². The fourth-order valence-corrected chi connectivity index (χ4v) is 6.14. The van der Waals surface area contributed by atoms with Gasteiger partial charge in [-0.15, -0.1) is 0 Å². The van der Waals surface area contributed by atoms with Crippen LogP contribution >= 0.6 is 23.8 Å². The van der Waals surface area contributed by atoms with Crippen LogP contribution in [0, 0.1) is 13.8 Å². The monoisotopic (exact) mass is 543 g/mol. The molecule has 38 heavy (non-hydrogen) atoms. The van der Waals surface area contributed by atoms with Crippen molar-refractivity contribution >= 4 is 40.3 Å². The molecular weight excluding hydrogens is 514 g/mol. The van der Waals surface area contributed by atoms with Crippen LogP contribution in [0.5, 0.6) is 0 Å². The Balaban J connectivity index is 1.41. The Morgan fingerprint density at radius 3 is 2.29 bits per heavy atom. The van der Waals surface area contributed by atoms with Crippen molar-refractivity contribution in [3.05, 3.63) is 107 Å². The topological polar surface area (TPSA) is 45.6 Å². The van der Waals surface area contributed by atoms with E-state index in [2.05, 4.69) is 69.9 Å². The second-order valence-corrected chi connectivity index (χ2v) is 10.6. The van der Waals surface area contributed by atoms with Gasteiger partial charge in [0, 0.05) is 52.8 Å². The van der Waals surface area contributed by atoms with Gasteiger partial charge in [0.15, 0.2) is 5.11 Å². The van der Waals surface area contributed by atoms with E-state index in [0.717, 1.165) is 43.4 Å². The van der Waals surface area contributed by atoms with Crippen LogP contribution in [0.2, 0.25) is 5.02 Å². The Hall–Kier alpha value is -3.39. The number of halogens is 1. The Labute approximate surface area is 233 Å². The number of pyridine rings is 1. The van der Waals surface area contributed by atoms with Crippen LogP contribution in [0.15, 0.2) is 79.0 Å². The number of thiocarbonyl (C=S) groups is 1. The van der Waals surface area contributed by atoms with Crippen molar-refractivity contribution in [3.8, 4) is 5.69 Å². The zero-order valence-corrected chi connectivity index (χ0v) is 23.0. The van der Waals surface area contributed by atoms with E-state index in [9.17, 15) is 0 Å². The lowest BCUT2D eigenvalue weighted by atomic mass is 9.96. The minimum atomic E-state index is -0.1000. The fraction of sp³-hybridized carbons (Fsp3) is 0.267. The molecule has 4 aromatic rings. The molecule has 6 rings (SSSR count). The molecule has 0 unspecified atom stereocenters. The van der Waals surface area contributed by atoms with Gasteiger partial charge in [-0.3, -0.25) is 4.98 Å². The van der Waals surface area contributed by atoms with Gasteiger partial charge in [-0.2, -0.15) is 0 Å². The number of anilines is 2. The number of nitrogens with one attached hydrogen (secondary N) is 1. The average Bonchev–Trinajstić information content (AvgIpc) is 3.45. The highest BCUT2D eigenvalue weighted by atomic mass is 35.5. The summed E-state index contributed by atoms with van der Waals surface area (Å²) in [4.78, 5) is 9.26. The normalized spacial score (nSPS) is 19.6. The minimum absolute atomic E-state index is 0.0776. The molecule has 2 saturated heterocycles. The second-order valence-electron chi connectivity index (χ2n) is 9.75. The summed E-state index contributed by atoms with van der Waals surface area (Å²) in [6, 6.07) is 24.8. The maximum absolute atomic E-state index is 6.22.